The molecule has 1 aliphatic rings. The van der Waals surface area contributed by atoms with Crippen molar-refractivity contribution in [2.24, 2.45) is 0 Å². The van der Waals surface area contributed by atoms with Crippen LogP contribution in [0.2, 0.25) is 5.02 Å². The minimum absolute atomic E-state index is 0.758. The van der Waals surface area contributed by atoms with Crippen molar-refractivity contribution in [2.45, 2.75) is 0 Å². The van der Waals surface area contributed by atoms with Gasteiger partial charge in [-0.3, -0.25) is 0 Å². The molecule has 7 aromatic rings. The summed E-state index contributed by atoms with van der Waals surface area (Å²) in [4.78, 5) is 0. The molecule has 0 atom stereocenters. The highest BCUT2D eigenvalue weighted by atomic mass is 35.5. The van der Waals surface area contributed by atoms with Crippen LogP contribution < -0.4 is 20.7 Å². The van der Waals surface area contributed by atoms with E-state index in [4.69, 9.17) is 11.6 Å². The van der Waals surface area contributed by atoms with E-state index in [0.717, 1.165) is 5.02 Å². The zero-order valence-electron chi connectivity index (χ0n) is 21.8. The lowest BCUT2D eigenvalue weighted by Gasteiger charge is -2.32. The van der Waals surface area contributed by atoms with Gasteiger partial charge in [-0.15, -0.1) is 0 Å². The van der Waals surface area contributed by atoms with E-state index in [1.165, 1.54) is 64.5 Å². The van der Waals surface area contributed by atoms with Crippen LogP contribution in [0.5, 0.6) is 0 Å². The second-order valence-electron chi connectivity index (χ2n) is 10.7. The van der Waals surface area contributed by atoms with Crippen LogP contribution in [-0.2, 0) is 0 Å². The van der Waals surface area contributed by atoms with Crippen molar-refractivity contribution in [1.82, 2.24) is 0 Å². The fourth-order valence-corrected chi connectivity index (χ4v) is 12.1. The molecule has 0 fully saturated rings. The van der Waals surface area contributed by atoms with Gasteiger partial charge >= 0.3 is 0 Å². The number of halogens is 1. The Labute approximate surface area is 240 Å². The van der Waals surface area contributed by atoms with Gasteiger partial charge in [0.25, 0.3) is 0 Å². The first kappa shape index (κ1) is 23.5. The predicted octanol–water partition coefficient (Wildman–Crippen LogP) is 7.67. The number of fused-ring (bicyclic) bond motifs is 5. The Morgan fingerprint density at radius 3 is 1.55 bits per heavy atom. The zero-order chi connectivity index (χ0) is 26.7. The first-order valence-electron chi connectivity index (χ1n) is 13.7. The Morgan fingerprint density at radius 1 is 0.375 bits per heavy atom. The summed E-state index contributed by atoms with van der Waals surface area (Å²) in [6.07, 6.45) is 0. The molecule has 0 saturated heterocycles. The lowest BCUT2D eigenvalue weighted by Crippen LogP contribution is -2.72. The van der Waals surface area contributed by atoms with Crippen molar-refractivity contribution in [1.29, 1.82) is 0 Å². The van der Waals surface area contributed by atoms with Crippen molar-refractivity contribution in [2.75, 3.05) is 0 Å². The molecule has 0 aliphatic carbocycles. The van der Waals surface area contributed by atoms with Crippen molar-refractivity contribution >= 4 is 62.0 Å². The maximum absolute atomic E-state index is 6.26. The largest absolute Gasteiger partial charge is 0.180 e. The Hall–Kier alpha value is -4.43. The molecule has 0 bridgehead atoms. The molecule has 2 heteroatoms. The quantitative estimate of drug-likeness (QED) is 0.200. The van der Waals surface area contributed by atoms with Crippen LogP contribution >= 0.6 is 11.6 Å². The van der Waals surface area contributed by atoms with Gasteiger partial charge in [-0.2, -0.15) is 0 Å². The van der Waals surface area contributed by atoms with Crippen LogP contribution in [0.1, 0.15) is 0 Å². The molecule has 1 aliphatic heterocycles. The molecule has 0 aromatic heterocycles. The van der Waals surface area contributed by atoms with Gasteiger partial charge in [0.1, 0.15) is 0 Å². The molecule has 0 unspecified atom stereocenters. The third kappa shape index (κ3) is 3.45. The van der Waals surface area contributed by atoms with Gasteiger partial charge in [0.2, 0.25) is 0 Å². The van der Waals surface area contributed by atoms with E-state index in [2.05, 4.69) is 140 Å². The topological polar surface area (TPSA) is 0 Å². The van der Waals surface area contributed by atoms with Crippen molar-refractivity contribution < 1.29 is 0 Å². The SMILES string of the molecule is Clc1ccc(-c2ccc3c(c2)[Si](c2ccc4ccccc4c2)(c2ccc4ccccc4c2)c2ccccc2-3)cc1. The van der Waals surface area contributed by atoms with Crippen LogP contribution in [0.25, 0.3) is 43.8 Å². The minimum Gasteiger partial charge on any atom is -0.0843 e. The lowest BCUT2D eigenvalue weighted by molar-refractivity contribution is 1.63. The highest BCUT2D eigenvalue weighted by Crippen LogP contribution is 2.32. The van der Waals surface area contributed by atoms with E-state index in [1.54, 1.807) is 0 Å². The molecule has 0 N–H and O–H groups in total. The van der Waals surface area contributed by atoms with Crippen LogP contribution in [0.4, 0.5) is 0 Å². The summed E-state index contributed by atoms with van der Waals surface area (Å²) in [5.41, 5.74) is 5.11. The Kier molecular flexibility index (Phi) is 5.31. The summed E-state index contributed by atoms with van der Waals surface area (Å²) >= 11 is 6.26. The Morgan fingerprint density at radius 2 is 0.900 bits per heavy atom. The highest BCUT2D eigenvalue weighted by molar-refractivity contribution is 7.22. The van der Waals surface area contributed by atoms with Crippen LogP contribution in [0.15, 0.2) is 152 Å². The van der Waals surface area contributed by atoms with E-state index >= 15 is 0 Å². The summed E-state index contributed by atoms with van der Waals surface area (Å²) in [6.45, 7) is 0. The average Bonchev–Trinajstić information content (AvgIpc) is 3.31. The normalized spacial score (nSPS) is 13.3. The second-order valence-corrected chi connectivity index (χ2v) is 14.9. The van der Waals surface area contributed by atoms with Gasteiger partial charge in [0, 0.05) is 5.02 Å². The van der Waals surface area contributed by atoms with Gasteiger partial charge in [-0.05, 0) is 76.7 Å². The summed E-state index contributed by atoms with van der Waals surface area (Å²) in [6, 6.07) is 56.1. The van der Waals surface area contributed by atoms with Crippen LogP contribution in [-0.4, -0.2) is 8.07 Å². The maximum Gasteiger partial charge on any atom is 0.180 e. The van der Waals surface area contributed by atoms with E-state index in [1.807, 2.05) is 12.1 Å². The van der Waals surface area contributed by atoms with E-state index < -0.39 is 8.07 Å². The first-order chi connectivity index (χ1) is 19.7. The van der Waals surface area contributed by atoms with Crippen molar-refractivity contribution in [3.63, 3.8) is 0 Å². The van der Waals surface area contributed by atoms with Gasteiger partial charge in [0.05, 0.1) is 0 Å². The Bertz CT molecular complexity index is 1990. The summed E-state index contributed by atoms with van der Waals surface area (Å²) in [5.74, 6) is 0. The molecule has 0 radical (unpaired) electrons. The molecule has 7 aromatic carbocycles. The number of rotatable bonds is 3. The Balaban J connectivity index is 1.50. The zero-order valence-corrected chi connectivity index (χ0v) is 23.6. The second kappa shape index (κ2) is 9.06. The molecule has 0 spiro atoms. The third-order valence-corrected chi connectivity index (χ3v) is 13.7. The smallest absolute Gasteiger partial charge is 0.0843 e. The minimum atomic E-state index is -2.66. The summed E-state index contributed by atoms with van der Waals surface area (Å²) in [5, 5.41) is 11.6. The lowest BCUT2D eigenvalue weighted by atomic mass is 10.0. The first-order valence-corrected chi connectivity index (χ1v) is 16.1. The van der Waals surface area contributed by atoms with E-state index in [-0.39, 0.29) is 0 Å². The summed E-state index contributed by atoms with van der Waals surface area (Å²) in [7, 11) is -2.66. The van der Waals surface area contributed by atoms with E-state index in [0.29, 0.717) is 0 Å². The van der Waals surface area contributed by atoms with Gasteiger partial charge in [-0.25, -0.2) is 0 Å². The average molecular weight is 545 g/mol. The van der Waals surface area contributed by atoms with E-state index in [9.17, 15) is 0 Å². The molecular weight excluding hydrogens is 520 g/mol. The molecular formula is C38H25ClSi. The summed E-state index contributed by atoms with van der Waals surface area (Å²) < 4.78 is 0. The third-order valence-electron chi connectivity index (χ3n) is 8.59. The number of benzene rings is 7. The van der Waals surface area contributed by atoms with Gasteiger partial charge in [-0.1, -0.05) is 151 Å². The predicted molar refractivity (Wildman–Crippen MR) is 175 cm³/mol. The highest BCUT2D eigenvalue weighted by Gasteiger charge is 2.48. The van der Waals surface area contributed by atoms with Crippen molar-refractivity contribution in [3.05, 3.63) is 157 Å². The molecule has 0 amide bonds. The molecule has 40 heavy (non-hydrogen) atoms. The van der Waals surface area contributed by atoms with Crippen LogP contribution in [0, 0.1) is 0 Å². The molecule has 0 nitrogen and oxygen atoms in total. The molecule has 8 rings (SSSR count). The molecule has 1 heterocycles. The number of hydrogen-bond acceptors (Lipinski definition) is 0. The van der Waals surface area contributed by atoms with Gasteiger partial charge in [0.15, 0.2) is 8.07 Å². The number of hydrogen-bond donors (Lipinski definition) is 0. The van der Waals surface area contributed by atoms with Crippen LogP contribution in [0.3, 0.4) is 0 Å². The maximum atomic E-state index is 6.26. The fourth-order valence-electron chi connectivity index (χ4n) is 6.74. The van der Waals surface area contributed by atoms with Gasteiger partial charge < -0.3 is 0 Å². The fraction of sp³-hybridized carbons (Fsp3) is 0. The monoisotopic (exact) mass is 544 g/mol. The van der Waals surface area contributed by atoms with Crippen molar-refractivity contribution in [3.8, 4) is 22.3 Å². The molecule has 0 saturated carbocycles. The molecule has 188 valence electrons. The standard InChI is InChI=1S/C38H25ClSi/c39-32-18-13-28(14-19-32)31-17-22-36-35-11-5-6-12-37(35)40(38(36)25-31,33-20-15-26-7-1-3-9-29(26)23-33)34-21-16-27-8-2-4-10-30(27)24-34/h1-25H.